The molecular weight excluding hydrogens is 1010 g/mol. The van der Waals surface area contributed by atoms with Crippen molar-refractivity contribution in [2.75, 3.05) is 13.2 Å². The molecule has 6 heteroatoms. The summed E-state index contributed by atoms with van der Waals surface area (Å²) in [6.07, 6.45) is 99.6. The van der Waals surface area contributed by atoms with Crippen LogP contribution in [-0.4, -0.2) is 37.2 Å². The Kier molecular flexibility index (Phi) is 64.4. The molecule has 1 atom stereocenters. The van der Waals surface area contributed by atoms with Crippen LogP contribution in [-0.2, 0) is 28.6 Å². The fourth-order valence-electron chi connectivity index (χ4n) is 8.73. The summed E-state index contributed by atoms with van der Waals surface area (Å²) in [7, 11) is 0. The first-order chi connectivity index (χ1) is 40.5. The number of ether oxygens (including phenoxy) is 3. The Labute approximate surface area is 505 Å². The number of allylic oxidation sites excluding steroid dienone is 26. The molecule has 0 aliphatic rings. The van der Waals surface area contributed by atoms with Crippen molar-refractivity contribution >= 4 is 17.9 Å². The average Bonchev–Trinajstić information content (AvgIpc) is 3.48. The summed E-state index contributed by atoms with van der Waals surface area (Å²) < 4.78 is 16.9. The summed E-state index contributed by atoms with van der Waals surface area (Å²) >= 11 is 0. The molecule has 6 nitrogen and oxygen atoms in total. The SMILES string of the molecule is CC/C=C\C/C=C\C/C=C\C/C=C\C/C=C\C/C=C\C/C=C\C/C=C\C/C=C\CCCCCC(=O)OCC(COC(=O)CCCCCCC/C=C\C/C=C\CCCCCC)OC(=O)CCCCCCCCC/C=C\C/C=C\CCCCC. The highest BCUT2D eigenvalue weighted by atomic mass is 16.6. The zero-order valence-electron chi connectivity index (χ0n) is 52.9. The molecule has 0 aromatic heterocycles. The molecule has 0 bridgehead atoms. The Balaban J connectivity index is 4.45. The smallest absolute Gasteiger partial charge is 0.306 e. The average molecular weight is 1130 g/mol. The molecule has 0 fully saturated rings. The molecule has 0 radical (unpaired) electrons. The Morgan fingerprint density at radius 3 is 0.780 bits per heavy atom. The second kappa shape index (κ2) is 68.5. The predicted molar refractivity (Wildman–Crippen MR) is 357 cm³/mol. The lowest BCUT2D eigenvalue weighted by Crippen LogP contribution is -2.30. The van der Waals surface area contributed by atoms with E-state index in [2.05, 4.69) is 179 Å². The van der Waals surface area contributed by atoms with Gasteiger partial charge in [0.25, 0.3) is 0 Å². The van der Waals surface area contributed by atoms with Crippen molar-refractivity contribution in [2.24, 2.45) is 0 Å². The number of esters is 3. The summed E-state index contributed by atoms with van der Waals surface area (Å²) in [5.74, 6) is -0.959. The number of hydrogen-bond acceptors (Lipinski definition) is 6. The first kappa shape index (κ1) is 77.0. The lowest BCUT2D eigenvalue weighted by Gasteiger charge is -2.18. The molecule has 0 saturated heterocycles. The molecule has 0 saturated carbocycles. The number of unbranched alkanes of at least 4 members (excludes halogenated alkanes) is 22. The molecule has 0 aliphatic heterocycles. The van der Waals surface area contributed by atoms with Gasteiger partial charge in [-0.25, -0.2) is 0 Å². The standard InChI is InChI=1S/C76H122O6/c1-4-7-10-13-16-19-22-25-28-31-32-33-34-35-36-37-38-39-40-41-42-43-44-46-48-51-54-57-60-63-66-69-75(78)81-72-73(71-80-74(77)68-65-62-59-56-53-50-47-30-27-24-21-18-15-12-9-6-3)82-76(79)70-67-64-61-58-55-52-49-45-29-26-23-20-17-14-11-8-5-2/h7,10,16-17,19-21,24-26,28-30,32-33,35-36,38-39,41-42,44,46-47,51,54,73H,4-6,8-9,11-15,18,22-23,27,31,34,37,40,43,45,48-50,52-53,55-72H2,1-3H3/b10-7-,19-16-,20-17-,24-21-,28-25-,29-26-,33-32-,36-35-,39-38-,42-41-,46-44-,47-30-,54-51-. The highest BCUT2D eigenvalue weighted by molar-refractivity contribution is 5.71. The zero-order chi connectivity index (χ0) is 59.2. The van der Waals surface area contributed by atoms with E-state index >= 15 is 0 Å². The zero-order valence-corrected chi connectivity index (χ0v) is 52.9. The lowest BCUT2D eigenvalue weighted by atomic mass is 10.1. The van der Waals surface area contributed by atoms with E-state index in [1.165, 1.54) is 83.5 Å². The van der Waals surface area contributed by atoms with E-state index in [1.807, 2.05) is 0 Å². The molecule has 0 N–H and O–H groups in total. The van der Waals surface area contributed by atoms with Crippen LogP contribution < -0.4 is 0 Å². The summed E-state index contributed by atoms with van der Waals surface area (Å²) in [5, 5.41) is 0. The predicted octanol–water partition coefficient (Wildman–Crippen LogP) is 23.3. The van der Waals surface area contributed by atoms with Crippen LogP contribution in [0, 0.1) is 0 Å². The van der Waals surface area contributed by atoms with Crippen LogP contribution in [0.25, 0.3) is 0 Å². The van der Waals surface area contributed by atoms with Gasteiger partial charge in [-0.15, -0.1) is 0 Å². The van der Waals surface area contributed by atoms with Gasteiger partial charge in [0.2, 0.25) is 0 Å². The summed E-state index contributed by atoms with van der Waals surface area (Å²) in [5.41, 5.74) is 0. The minimum atomic E-state index is -0.811. The summed E-state index contributed by atoms with van der Waals surface area (Å²) in [4.78, 5) is 38.4. The molecule has 0 aromatic carbocycles. The van der Waals surface area contributed by atoms with E-state index in [0.29, 0.717) is 19.3 Å². The summed E-state index contributed by atoms with van der Waals surface area (Å²) in [6.45, 7) is 6.44. The van der Waals surface area contributed by atoms with Gasteiger partial charge in [-0.05, 0) is 154 Å². The van der Waals surface area contributed by atoms with Crippen molar-refractivity contribution in [3.05, 3.63) is 158 Å². The van der Waals surface area contributed by atoms with Crippen molar-refractivity contribution < 1.29 is 28.6 Å². The van der Waals surface area contributed by atoms with Crippen LogP contribution in [0.4, 0.5) is 0 Å². The summed E-state index contributed by atoms with van der Waals surface area (Å²) in [6, 6.07) is 0. The van der Waals surface area contributed by atoms with Crippen molar-refractivity contribution in [1.29, 1.82) is 0 Å². The highest BCUT2D eigenvalue weighted by Gasteiger charge is 2.19. The van der Waals surface area contributed by atoms with E-state index in [0.717, 1.165) is 161 Å². The molecule has 82 heavy (non-hydrogen) atoms. The Morgan fingerprint density at radius 2 is 0.476 bits per heavy atom. The van der Waals surface area contributed by atoms with E-state index in [1.54, 1.807) is 0 Å². The molecule has 462 valence electrons. The number of rotatable bonds is 59. The monoisotopic (exact) mass is 1130 g/mol. The van der Waals surface area contributed by atoms with Gasteiger partial charge >= 0.3 is 17.9 Å². The van der Waals surface area contributed by atoms with Crippen molar-refractivity contribution in [2.45, 2.75) is 290 Å². The number of carbonyl (C=O) groups excluding carboxylic acids is 3. The van der Waals surface area contributed by atoms with E-state index in [4.69, 9.17) is 14.2 Å². The normalized spacial score (nSPS) is 13.2. The van der Waals surface area contributed by atoms with Crippen LogP contribution in [0.1, 0.15) is 284 Å². The topological polar surface area (TPSA) is 78.9 Å². The van der Waals surface area contributed by atoms with E-state index < -0.39 is 6.10 Å². The Hall–Kier alpha value is -4.97. The quantitative estimate of drug-likeness (QED) is 0.0261. The van der Waals surface area contributed by atoms with Crippen LogP contribution in [0.3, 0.4) is 0 Å². The van der Waals surface area contributed by atoms with Gasteiger partial charge in [-0.3, -0.25) is 14.4 Å². The lowest BCUT2D eigenvalue weighted by molar-refractivity contribution is -0.167. The fraction of sp³-hybridized carbons (Fsp3) is 0.618. The van der Waals surface area contributed by atoms with Crippen LogP contribution in [0.2, 0.25) is 0 Å². The van der Waals surface area contributed by atoms with Gasteiger partial charge in [-0.2, -0.15) is 0 Å². The molecule has 0 amide bonds. The van der Waals surface area contributed by atoms with Gasteiger partial charge in [0.05, 0.1) is 0 Å². The van der Waals surface area contributed by atoms with Crippen molar-refractivity contribution in [1.82, 2.24) is 0 Å². The Morgan fingerprint density at radius 1 is 0.256 bits per heavy atom. The second-order valence-corrected chi connectivity index (χ2v) is 21.6. The van der Waals surface area contributed by atoms with Gasteiger partial charge in [0.15, 0.2) is 6.10 Å². The first-order valence-corrected chi connectivity index (χ1v) is 33.5. The number of hydrogen-bond donors (Lipinski definition) is 0. The largest absolute Gasteiger partial charge is 0.462 e. The third kappa shape index (κ3) is 65.8. The first-order valence-electron chi connectivity index (χ1n) is 33.5. The maximum Gasteiger partial charge on any atom is 0.306 e. The third-order valence-corrected chi connectivity index (χ3v) is 13.7. The minimum Gasteiger partial charge on any atom is -0.462 e. The molecule has 0 aromatic rings. The molecule has 0 spiro atoms. The number of carbonyl (C=O) groups is 3. The van der Waals surface area contributed by atoms with Crippen LogP contribution >= 0.6 is 0 Å². The second-order valence-electron chi connectivity index (χ2n) is 21.6. The molecular formula is C76H122O6. The van der Waals surface area contributed by atoms with Gasteiger partial charge < -0.3 is 14.2 Å². The molecule has 1 unspecified atom stereocenters. The maximum atomic E-state index is 12.9. The van der Waals surface area contributed by atoms with Gasteiger partial charge in [0.1, 0.15) is 13.2 Å². The van der Waals surface area contributed by atoms with Gasteiger partial charge in [0, 0.05) is 19.3 Å². The van der Waals surface area contributed by atoms with Crippen LogP contribution in [0.5, 0.6) is 0 Å². The van der Waals surface area contributed by atoms with Crippen molar-refractivity contribution in [3.8, 4) is 0 Å². The van der Waals surface area contributed by atoms with Crippen molar-refractivity contribution in [3.63, 3.8) is 0 Å². The molecule has 0 heterocycles. The molecule has 0 aliphatic carbocycles. The van der Waals surface area contributed by atoms with E-state index in [9.17, 15) is 14.4 Å². The maximum absolute atomic E-state index is 12.9. The molecule has 0 rings (SSSR count). The highest BCUT2D eigenvalue weighted by Crippen LogP contribution is 2.14. The third-order valence-electron chi connectivity index (χ3n) is 13.7. The van der Waals surface area contributed by atoms with Gasteiger partial charge in [-0.1, -0.05) is 269 Å². The van der Waals surface area contributed by atoms with Crippen LogP contribution in [0.15, 0.2) is 158 Å². The minimum absolute atomic E-state index is 0.105. The van der Waals surface area contributed by atoms with E-state index in [-0.39, 0.29) is 31.1 Å². The fourth-order valence-corrected chi connectivity index (χ4v) is 8.73. The Bertz CT molecular complexity index is 1830.